The van der Waals surface area contributed by atoms with Gasteiger partial charge in [0.15, 0.2) is 5.82 Å². The fourth-order valence-corrected chi connectivity index (χ4v) is 0.748. The van der Waals surface area contributed by atoms with Gasteiger partial charge in [-0.2, -0.15) is 4.98 Å². The van der Waals surface area contributed by atoms with E-state index in [1.807, 2.05) is 0 Å². The van der Waals surface area contributed by atoms with Crippen LogP contribution >= 0.6 is 0 Å². The van der Waals surface area contributed by atoms with E-state index in [9.17, 15) is 8.42 Å². The summed E-state index contributed by atoms with van der Waals surface area (Å²) in [6.07, 6.45) is 1.09. The molecule has 0 fully saturated rings. The monoisotopic (exact) mass is 148 g/mol. The second kappa shape index (κ2) is 2.58. The van der Waals surface area contributed by atoms with Crippen LogP contribution in [0.15, 0.2) is 10.9 Å². The predicted octanol–water partition coefficient (Wildman–Crippen LogP) is -0.819. The second-order valence-electron chi connectivity index (χ2n) is 1.34. The molecule has 0 saturated heterocycles. The van der Waals surface area contributed by atoms with Gasteiger partial charge in [0.2, 0.25) is 6.39 Å². The Balaban J connectivity index is 2.68. The third-order valence-corrected chi connectivity index (χ3v) is 1.22. The Morgan fingerprint density at radius 1 is 1.67 bits per heavy atom. The molecule has 50 valence electrons. The summed E-state index contributed by atoms with van der Waals surface area (Å²) in [5.41, 5.74) is 0. The molecule has 0 aliphatic carbocycles. The summed E-state index contributed by atoms with van der Waals surface area (Å²) in [4.78, 5) is 3.49. The Morgan fingerprint density at radius 2 is 2.44 bits per heavy atom. The summed E-state index contributed by atoms with van der Waals surface area (Å²) in [6.45, 7) is 0. The Labute approximate surface area is 52.6 Å². The Kier molecular flexibility index (Phi) is 1.78. The third-order valence-electron chi connectivity index (χ3n) is 0.677. The van der Waals surface area contributed by atoms with Gasteiger partial charge in [-0.1, -0.05) is 5.16 Å². The molecule has 0 spiro atoms. The molecule has 5 nitrogen and oxygen atoms in total. The normalized spacial score (nSPS) is 10.3. The molecule has 1 aromatic rings. The molecule has 0 aliphatic rings. The number of nitrogens with zero attached hydrogens (tertiary/aromatic N) is 2. The first-order valence-corrected chi connectivity index (χ1v) is 3.52. The average Bonchev–Trinajstić information content (AvgIpc) is 2.15. The number of thiol groups is 1. The predicted molar refractivity (Wildman–Crippen MR) is 28.3 cm³/mol. The molecule has 6 heteroatoms. The van der Waals surface area contributed by atoms with E-state index in [2.05, 4.69) is 14.7 Å². The Morgan fingerprint density at radius 3 is 2.89 bits per heavy atom. The van der Waals surface area contributed by atoms with E-state index in [1.165, 1.54) is 0 Å². The maximum Gasteiger partial charge on any atom is 0.213 e. The summed E-state index contributed by atoms with van der Waals surface area (Å²) >= 11 is 0. The second-order valence-corrected chi connectivity index (χ2v) is 2.32. The minimum absolute atomic E-state index is 0.147. The average molecular weight is 148 g/mol. The maximum atomic E-state index is 9.98. The Bertz CT molecular complexity index is 232. The summed E-state index contributed by atoms with van der Waals surface area (Å²) in [5, 5.41) is 3.29. The lowest BCUT2D eigenvalue weighted by molar-refractivity contribution is 0.412. The SMILES string of the molecule is O=[SH](=O)Cc1ncon1. The number of aromatic nitrogens is 2. The fraction of sp³-hybridized carbons (Fsp3) is 0.333. The van der Waals surface area contributed by atoms with Crippen LogP contribution in [0.3, 0.4) is 0 Å². The van der Waals surface area contributed by atoms with E-state index >= 15 is 0 Å². The molecule has 1 heterocycles. The lowest BCUT2D eigenvalue weighted by atomic mass is 10.7. The zero-order valence-corrected chi connectivity index (χ0v) is 5.25. The molecule has 0 saturated carbocycles. The fourth-order valence-electron chi connectivity index (χ4n) is 0.378. The lowest BCUT2D eigenvalue weighted by Crippen LogP contribution is -1.87. The molecule has 0 aromatic carbocycles. The van der Waals surface area contributed by atoms with E-state index in [1.54, 1.807) is 0 Å². The highest BCUT2D eigenvalue weighted by atomic mass is 32.2. The maximum absolute atomic E-state index is 9.98. The van der Waals surface area contributed by atoms with Gasteiger partial charge in [-0.15, -0.1) is 0 Å². The molecule has 1 rings (SSSR count). The molecular formula is C3H4N2O3S. The summed E-state index contributed by atoms with van der Waals surface area (Å²) < 4.78 is 24.3. The van der Waals surface area contributed by atoms with Gasteiger partial charge in [-0.05, 0) is 0 Å². The lowest BCUT2D eigenvalue weighted by Gasteiger charge is -1.75. The van der Waals surface area contributed by atoms with Crippen molar-refractivity contribution in [1.29, 1.82) is 0 Å². The van der Waals surface area contributed by atoms with E-state index in [-0.39, 0.29) is 11.6 Å². The number of hydrogen-bond acceptors (Lipinski definition) is 5. The third kappa shape index (κ3) is 1.80. The largest absolute Gasteiger partial charge is 0.343 e. The molecule has 9 heavy (non-hydrogen) atoms. The van der Waals surface area contributed by atoms with Crippen molar-refractivity contribution in [3.63, 3.8) is 0 Å². The van der Waals surface area contributed by atoms with Crippen LogP contribution in [-0.4, -0.2) is 18.6 Å². The van der Waals surface area contributed by atoms with Gasteiger partial charge in [-0.3, -0.25) is 0 Å². The number of rotatable bonds is 2. The zero-order chi connectivity index (χ0) is 6.69. The van der Waals surface area contributed by atoms with Crippen LogP contribution in [0.4, 0.5) is 0 Å². The van der Waals surface area contributed by atoms with Crippen molar-refractivity contribution in [1.82, 2.24) is 10.1 Å². The first-order chi connectivity index (χ1) is 4.29. The van der Waals surface area contributed by atoms with Crippen LogP contribution in [0.1, 0.15) is 5.82 Å². The molecule has 0 bridgehead atoms. The van der Waals surface area contributed by atoms with E-state index in [0.717, 1.165) is 6.39 Å². The van der Waals surface area contributed by atoms with Gasteiger partial charge < -0.3 is 4.52 Å². The quantitative estimate of drug-likeness (QED) is 0.555. The molecule has 0 radical (unpaired) electrons. The highest BCUT2D eigenvalue weighted by molar-refractivity contribution is 7.71. The van der Waals surface area contributed by atoms with Crippen molar-refractivity contribution >= 4 is 10.7 Å². The smallest absolute Gasteiger partial charge is 0.213 e. The van der Waals surface area contributed by atoms with E-state index in [0.29, 0.717) is 0 Å². The van der Waals surface area contributed by atoms with Crippen LogP contribution in [0.25, 0.3) is 0 Å². The van der Waals surface area contributed by atoms with Crippen molar-refractivity contribution in [2.24, 2.45) is 0 Å². The van der Waals surface area contributed by atoms with Crippen molar-refractivity contribution < 1.29 is 12.9 Å². The van der Waals surface area contributed by atoms with Crippen molar-refractivity contribution in [3.05, 3.63) is 12.2 Å². The van der Waals surface area contributed by atoms with Gasteiger partial charge in [-0.25, -0.2) is 8.42 Å². The summed E-state index contributed by atoms with van der Waals surface area (Å²) in [5.74, 6) is 0.0531. The van der Waals surface area contributed by atoms with Gasteiger partial charge in [0, 0.05) is 0 Å². The van der Waals surface area contributed by atoms with Gasteiger partial charge >= 0.3 is 0 Å². The van der Waals surface area contributed by atoms with Crippen molar-refractivity contribution in [2.75, 3.05) is 0 Å². The van der Waals surface area contributed by atoms with Crippen LogP contribution in [-0.2, 0) is 16.5 Å². The first-order valence-electron chi connectivity index (χ1n) is 2.16. The minimum Gasteiger partial charge on any atom is -0.343 e. The van der Waals surface area contributed by atoms with Crippen LogP contribution in [0, 0.1) is 0 Å². The van der Waals surface area contributed by atoms with Crippen molar-refractivity contribution in [2.45, 2.75) is 5.75 Å². The molecule has 0 amide bonds. The van der Waals surface area contributed by atoms with Crippen LogP contribution < -0.4 is 0 Å². The zero-order valence-electron chi connectivity index (χ0n) is 4.35. The highest BCUT2D eigenvalue weighted by Gasteiger charge is 1.96. The summed E-state index contributed by atoms with van der Waals surface area (Å²) in [6, 6.07) is 0. The Hall–Kier alpha value is -0.910. The van der Waals surface area contributed by atoms with Gasteiger partial charge in [0.25, 0.3) is 0 Å². The van der Waals surface area contributed by atoms with Crippen LogP contribution in [0.2, 0.25) is 0 Å². The highest BCUT2D eigenvalue weighted by Crippen LogP contribution is 1.88. The van der Waals surface area contributed by atoms with Gasteiger partial charge in [0.05, 0.1) is 0 Å². The molecule has 0 N–H and O–H groups in total. The first kappa shape index (κ1) is 6.21. The van der Waals surface area contributed by atoms with E-state index in [4.69, 9.17) is 0 Å². The molecule has 0 unspecified atom stereocenters. The molecular weight excluding hydrogens is 144 g/mol. The summed E-state index contributed by atoms with van der Waals surface area (Å²) in [7, 11) is -2.44. The topological polar surface area (TPSA) is 73.1 Å². The van der Waals surface area contributed by atoms with Crippen LogP contribution in [0.5, 0.6) is 0 Å². The molecule has 1 aromatic heterocycles. The molecule has 0 aliphatic heterocycles. The number of hydrogen-bond donors (Lipinski definition) is 1. The van der Waals surface area contributed by atoms with E-state index < -0.39 is 10.7 Å². The van der Waals surface area contributed by atoms with Gasteiger partial charge in [0.1, 0.15) is 16.5 Å². The standard InChI is InChI=1S/C3H4N2O3S/c6-9(7)1-3-4-2-8-5-3/h2,9H,1H2. The van der Waals surface area contributed by atoms with Crippen molar-refractivity contribution in [3.8, 4) is 0 Å². The molecule has 0 atom stereocenters. The minimum atomic E-state index is -2.44.